The van der Waals surface area contributed by atoms with Crippen molar-refractivity contribution in [3.8, 4) is 11.3 Å². The highest BCUT2D eigenvalue weighted by atomic mass is 19.4. The average molecular weight is 504 g/mol. The van der Waals surface area contributed by atoms with Gasteiger partial charge in [0.1, 0.15) is 5.82 Å². The minimum atomic E-state index is -4.21. The number of nitrogens with zero attached hydrogens (tertiary/aromatic N) is 3. The van der Waals surface area contributed by atoms with Crippen LogP contribution in [0.5, 0.6) is 0 Å². The van der Waals surface area contributed by atoms with Crippen molar-refractivity contribution in [3.63, 3.8) is 0 Å². The Hall–Kier alpha value is -3.90. The number of benzene rings is 2. The van der Waals surface area contributed by atoms with E-state index in [1.165, 1.54) is 23.1 Å². The van der Waals surface area contributed by atoms with E-state index in [9.17, 15) is 22.4 Å². The molecule has 0 aliphatic carbocycles. The molecule has 36 heavy (non-hydrogen) atoms. The van der Waals surface area contributed by atoms with Gasteiger partial charge in [0.05, 0.1) is 23.5 Å². The third kappa shape index (κ3) is 6.01. The molecule has 2 aromatic carbocycles. The molecule has 0 atom stereocenters. The minimum absolute atomic E-state index is 0.168. The van der Waals surface area contributed by atoms with Crippen molar-refractivity contribution in [3.05, 3.63) is 66.0 Å². The molecule has 8 nitrogen and oxygen atoms in total. The van der Waals surface area contributed by atoms with Crippen LogP contribution >= 0.6 is 0 Å². The van der Waals surface area contributed by atoms with Crippen molar-refractivity contribution in [2.75, 3.05) is 54.1 Å². The number of carbonyl (C=O) groups is 1. The quantitative estimate of drug-likeness (QED) is 0.231. The van der Waals surface area contributed by atoms with Crippen molar-refractivity contribution < 1.29 is 22.4 Å². The van der Waals surface area contributed by atoms with Crippen LogP contribution in [-0.2, 0) is 0 Å². The lowest BCUT2D eigenvalue weighted by Gasteiger charge is -2.36. The zero-order valence-electron chi connectivity index (χ0n) is 19.1. The van der Waals surface area contributed by atoms with Gasteiger partial charge in [-0.3, -0.25) is 9.69 Å². The van der Waals surface area contributed by atoms with Gasteiger partial charge in [0, 0.05) is 43.1 Å². The van der Waals surface area contributed by atoms with E-state index in [2.05, 4.69) is 15.7 Å². The van der Waals surface area contributed by atoms with Crippen molar-refractivity contribution in [2.45, 2.75) is 6.18 Å². The van der Waals surface area contributed by atoms with Crippen LogP contribution in [0.1, 0.15) is 10.4 Å². The average Bonchev–Trinajstić information content (AvgIpc) is 2.85. The first kappa shape index (κ1) is 25.2. The lowest BCUT2D eigenvalue weighted by molar-refractivity contribution is -0.146. The standard InChI is InChI=1S/C24H25F4N7O/c25-19-6-1-15(21-8-7-20(29)22(32-21)33-30)13-18(19)23(36)31-16-2-4-17(5-3-16)35-11-9-34(10-12-35)14-24(26,27)28/h1-8,13H,9-12,14,29-30H2,(H,31,36)(H,32,33). The Labute approximate surface area is 204 Å². The Morgan fingerprint density at radius 3 is 2.33 bits per heavy atom. The second-order valence-corrected chi connectivity index (χ2v) is 8.35. The van der Waals surface area contributed by atoms with Gasteiger partial charge in [0.15, 0.2) is 5.82 Å². The number of halogens is 4. The fraction of sp³-hybridized carbons (Fsp3) is 0.250. The molecule has 1 aliphatic heterocycles. The van der Waals surface area contributed by atoms with E-state index in [1.54, 1.807) is 36.4 Å². The smallest absolute Gasteiger partial charge is 0.396 e. The second-order valence-electron chi connectivity index (χ2n) is 8.35. The Morgan fingerprint density at radius 1 is 1.00 bits per heavy atom. The molecule has 0 bridgehead atoms. The Balaban J connectivity index is 1.42. The molecule has 6 N–H and O–H groups in total. The number of hydrogen-bond donors (Lipinski definition) is 4. The number of hydrazine groups is 1. The molecule has 1 aliphatic rings. The number of pyridine rings is 1. The lowest BCUT2D eigenvalue weighted by atomic mass is 10.1. The normalized spacial score (nSPS) is 14.5. The largest absolute Gasteiger partial charge is 0.401 e. The molecule has 1 fully saturated rings. The van der Waals surface area contributed by atoms with Crippen LogP contribution in [0.4, 0.5) is 40.4 Å². The van der Waals surface area contributed by atoms with E-state index in [4.69, 9.17) is 11.6 Å². The summed E-state index contributed by atoms with van der Waals surface area (Å²) in [5, 5.41) is 2.67. The van der Waals surface area contributed by atoms with Gasteiger partial charge in [-0.15, -0.1) is 0 Å². The highest BCUT2D eigenvalue weighted by Gasteiger charge is 2.32. The summed E-state index contributed by atoms with van der Waals surface area (Å²) >= 11 is 0. The third-order valence-electron chi connectivity index (χ3n) is 5.84. The first-order valence-corrected chi connectivity index (χ1v) is 11.1. The number of aromatic nitrogens is 1. The molecule has 0 unspecified atom stereocenters. The van der Waals surface area contributed by atoms with Crippen LogP contribution in [0, 0.1) is 5.82 Å². The van der Waals surface area contributed by atoms with Gasteiger partial charge in [0.25, 0.3) is 5.91 Å². The number of anilines is 4. The fourth-order valence-corrected chi connectivity index (χ4v) is 3.98. The summed E-state index contributed by atoms with van der Waals surface area (Å²) in [4.78, 5) is 20.4. The van der Waals surface area contributed by atoms with Crippen LogP contribution in [0.15, 0.2) is 54.6 Å². The molecule has 12 heteroatoms. The van der Waals surface area contributed by atoms with E-state index < -0.39 is 24.4 Å². The summed E-state index contributed by atoms with van der Waals surface area (Å²) in [6, 6.07) is 14.1. The topological polar surface area (TPSA) is 113 Å². The van der Waals surface area contributed by atoms with E-state index in [-0.39, 0.29) is 11.4 Å². The summed E-state index contributed by atoms with van der Waals surface area (Å²) in [7, 11) is 0. The zero-order valence-corrected chi connectivity index (χ0v) is 19.1. The Kier molecular flexibility index (Phi) is 7.27. The van der Waals surface area contributed by atoms with E-state index in [1.807, 2.05) is 4.90 Å². The van der Waals surface area contributed by atoms with Gasteiger partial charge in [-0.05, 0) is 54.6 Å². The molecular weight excluding hydrogens is 478 g/mol. The fourth-order valence-electron chi connectivity index (χ4n) is 3.98. The van der Waals surface area contributed by atoms with Gasteiger partial charge >= 0.3 is 6.18 Å². The molecule has 0 spiro atoms. The number of rotatable bonds is 6. The molecule has 4 rings (SSSR count). The molecule has 1 amide bonds. The predicted octanol–water partition coefficient (Wildman–Crippen LogP) is 3.69. The molecule has 3 aromatic rings. The maximum absolute atomic E-state index is 14.5. The monoisotopic (exact) mass is 503 g/mol. The Bertz CT molecular complexity index is 1230. The van der Waals surface area contributed by atoms with Crippen LogP contribution < -0.4 is 27.2 Å². The van der Waals surface area contributed by atoms with Crippen LogP contribution in [0.25, 0.3) is 11.3 Å². The number of carbonyl (C=O) groups excluding carboxylic acids is 1. The number of nitrogens with two attached hydrogens (primary N) is 2. The molecule has 2 heterocycles. The second kappa shape index (κ2) is 10.4. The minimum Gasteiger partial charge on any atom is -0.396 e. The maximum Gasteiger partial charge on any atom is 0.401 e. The molecule has 190 valence electrons. The SMILES string of the molecule is NNc1nc(-c2ccc(F)c(C(=O)Nc3ccc(N4CCN(CC(F)(F)F)CC4)cc3)c2)ccc1N. The van der Waals surface area contributed by atoms with Crippen LogP contribution in [0.2, 0.25) is 0 Å². The predicted molar refractivity (Wildman–Crippen MR) is 131 cm³/mol. The molecule has 1 saturated heterocycles. The highest BCUT2D eigenvalue weighted by Crippen LogP contribution is 2.26. The third-order valence-corrected chi connectivity index (χ3v) is 5.84. The first-order valence-electron chi connectivity index (χ1n) is 11.1. The van der Waals surface area contributed by atoms with Crippen molar-refractivity contribution in [2.24, 2.45) is 5.84 Å². The van der Waals surface area contributed by atoms with Crippen LogP contribution in [-0.4, -0.2) is 54.7 Å². The summed E-state index contributed by atoms with van der Waals surface area (Å²) in [6.45, 7) is 0.613. The van der Waals surface area contributed by atoms with Gasteiger partial charge < -0.3 is 21.4 Å². The molecule has 0 saturated carbocycles. The summed E-state index contributed by atoms with van der Waals surface area (Å²) < 4.78 is 52.2. The van der Waals surface area contributed by atoms with Gasteiger partial charge in [-0.25, -0.2) is 15.2 Å². The summed E-state index contributed by atoms with van der Waals surface area (Å²) in [5.74, 6) is 4.32. The summed E-state index contributed by atoms with van der Waals surface area (Å²) in [5.41, 5.74) is 10.6. The van der Waals surface area contributed by atoms with Gasteiger partial charge in [0.2, 0.25) is 0 Å². The van der Waals surface area contributed by atoms with Crippen LogP contribution in [0.3, 0.4) is 0 Å². The van der Waals surface area contributed by atoms with Crippen molar-refractivity contribution in [1.82, 2.24) is 9.88 Å². The van der Waals surface area contributed by atoms with Crippen molar-refractivity contribution >= 4 is 28.8 Å². The number of nitrogens with one attached hydrogen (secondary N) is 2. The number of amides is 1. The number of piperazine rings is 1. The van der Waals surface area contributed by atoms with Gasteiger partial charge in [-0.2, -0.15) is 13.2 Å². The van der Waals surface area contributed by atoms with Gasteiger partial charge in [-0.1, -0.05) is 0 Å². The number of hydrogen-bond acceptors (Lipinski definition) is 7. The summed E-state index contributed by atoms with van der Waals surface area (Å²) in [6.07, 6.45) is -4.21. The molecule has 1 aromatic heterocycles. The van der Waals surface area contributed by atoms with E-state index >= 15 is 0 Å². The van der Waals surface area contributed by atoms with E-state index in [0.717, 1.165) is 5.69 Å². The number of nitrogen functional groups attached to an aromatic ring is 2. The molecule has 0 radical (unpaired) electrons. The zero-order chi connectivity index (χ0) is 25.9. The molecular formula is C24H25F4N7O. The van der Waals surface area contributed by atoms with Crippen molar-refractivity contribution in [1.29, 1.82) is 0 Å². The number of alkyl halides is 3. The van der Waals surface area contributed by atoms with E-state index in [0.29, 0.717) is 48.8 Å². The highest BCUT2D eigenvalue weighted by molar-refractivity contribution is 6.05. The Morgan fingerprint density at radius 2 is 1.69 bits per heavy atom. The maximum atomic E-state index is 14.5. The first-order chi connectivity index (χ1) is 17.1. The lowest BCUT2D eigenvalue weighted by Crippen LogP contribution is -2.49.